The Bertz CT molecular complexity index is 504. The maximum atomic E-state index is 11.3. The van der Waals surface area contributed by atoms with E-state index >= 15 is 0 Å². The summed E-state index contributed by atoms with van der Waals surface area (Å²) < 4.78 is 5.62. The van der Waals surface area contributed by atoms with Crippen molar-refractivity contribution in [1.29, 1.82) is 0 Å². The van der Waals surface area contributed by atoms with Crippen LogP contribution in [0.3, 0.4) is 0 Å². The molecule has 0 spiro atoms. The van der Waals surface area contributed by atoms with Crippen LogP contribution in [0.4, 0.5) is 0 Å². The topological polar surface area (TPSA) is 29.5 Å². The van der Waals surface area contributed by atoms with Gasteiger partial charge in [0.1, 0.15) is 5.75 Å². The number of hydrogen-bond acceptors (Lipinski definition) is 2. The Labute approximate surface area is 123 Å². The summed E-state index contributed by atoms with van der Waals surface area (Å²) in [6, 6.07) is 4.15. The molecule has 2 unspecified atom stereocenters. The summed E-state index contributed by atoms with van der Waals surface area (Å²) in [5.41, 5.74) is 2.86. The van der Waals surface area contributed by atoms with Crippen molar-refractivity contribution in [2.75, 3.05) is 7.11 Å². The molecule has 2 heteroatoms. The van der Waals surface area contributed by atoms with Crippen LogP contribution in [0.2, 0.25) is 0 Å². The van der Waals surface area contributed by atoms with Crippen molar-refractivity contribution in [3.63, 3.8) is 0 Å². The molecular formula is C18H28O2. The lowest BCUT2D eigenvalue weighted by Crippen LogP contribution is -2.42. The molecule has 2 rings (SSSR count). The summed E-state index contributed by atoms with van der Waals surface area (Å²) in [4.78, 5) is 0. The third-order valence-corrected chi connectivity index (χ3v) is 5.20. The second kappa shape index (κ2) is 5.07. The molecule has 1 N–H and O–H groups in total. The number of aryl methyl sites for hydroxylation is 1. The molecule has 1 saturated carbocycles. The van der Waals surface area contributed by atoms with Crippen molar-refractivity contribution < 1.29 is 9.84 Å². The third-order valence-electron chi connectivity index (χ3n) is 5.20. The second-order valence-electron chi connectivity index (χ2n) is 7.28. The molecule has 0 aliphatic heterocycles. The summed E-state index contributed by atoms with van der Waals surface area (Å²) >= 11 is 0. The smallest absolute Gasteiger partial charge is 0.128 e. The fourth-order valence-corrected chi connectivity index (χ4v) is 3.67. The molecule has 2 atom stereocenters. The van der Waals surface area contributed by atoms with Gasteiger partial charge in [0, 0.05) is 5.56 Å². The monoisotopic (exact) mass is 276 g/mol. The van der Waals surface area contributed by atoms with Gasteiger partial charge in [-0.1, -0.05) is 32.9 Å². The largest absolute Gasteiger partial charge is 0.496 e. The van der Waals surface area contributed by atoms with Gasteiger partial charge in [0.05, 0.1) is 12.7 Å². The minimum Gasteiger partial charge on any atom is -0.496 e. The Hall–Kier alpha value is -1.02. The Balaban J connectivity index is 2.48. The highest BCUT2D eigenvalue weighted by atomic mass is 16.5. The van der Waals surface area contributed by atoms with Crippen molar-refractivity contribution >= 4 is 0 Å². The number of aliphatic hydroxyl groups is 1. The van der Waals surface area contributed by atoms with Crippen LogP contribution in [0.1, 0.15) is 56.7 Å². The molecule has 1 aliphatic rings. The van der Waals surface area contributed by atoms with Crippen LogP contribution >= 0.6 is 0 Å². The lowest BCUT2D eigenvalue weighted by molar-refractivity contribution is -0.0782. The van der Waals surface area contributed by atoms with E-state index in [1.807, 2.05) is 0 Å². The average molecular weight is 276 g/mol. The zero-order chi connectivity index (χ0) is 15.1. The summed E-state index contributed by atoms with van der Waals surface area (Å²) in [6.07, 6.45) is 2.89. The van der Waals surface area contributed by atoms with Crippen molar-refractivity contribution in [2.45, 2.75) is 59.5 Å². The Morgan fingerprint density at radius 1 is 1.20 bits per heavy atom. The number of hydrogen-bond donors (Lipinski definition) is 1. The molecule has 0 radical (unpaired) electrons. The van der Waals surface area contributed by atoms with Crippen molar-refractivity contribution in [3.05, 3.63) is 28.8 Å². The predicted molar refractivity (Wildman–Crippen MR) is 83.2 cm³/mol. The van der Waals surface area contributed by atoms with Crippen molar-refractivity contribution in [3.8, 4) is 5.75 Å². The van der Waals surface area contributed by atoms with Crippen molar-refractivity contribution in [2.24, 2.45) is 11.3 Å². The minimum atomic E-state index is -0.765. The normalized spacial score (nSPS) is 29.2. The van der Waals surface area contributed by atoms with E-state index < -0.39 is 5.60 Å². The van der Waals surface area contributed by atoms with E-state index in [0.29, 0.717) is 5.41 Å². The summed E-state index contributed by atoms with van der Waals surface area (Å²) in [7, 11) is 1.70. The molecule has 112 valence electrons. The fourth-order valence-electron chi connectivity index (χ4n) is 3.67. The standard InChI is InChI=1S/C18H28O2/c1-12-7-8-15(16(20-6)14(12)3)18(19)10-9-17(4,5)11-13(18)2/h7-8,13,19H,9-11H2,1-6H3. The van der Waals surface area contributed by atoms with Crippen LogP contribution in [0.15, 0.2) is 12.1 Å². The zero-order valence-corrected chi connectivity index (χ0v) is 13.7. The molecule has 0 saturated heterocycles. The van der Waals surface area contributed by atoms with E-state index in [1.54, 1.807) is 7.11 Å². The number of ether oxygens (including phenoxy) is 1. The van der Waals surface area contributed by atoms with Gasteiger partial charge in [-0.15, -0.1) is 0 Å². The predicted octanol–water partition coefficient (Wildman–Crippen LogP) is 4.35. The maximum absolute atomic E-state index is 11.3. The van der Waals surface area contributed by atoms with Gasteiger partial charge < -0.3 is 9.84 Å². The van der Waals surface area contributed by atoms with Crippen LogP contribution in [0, 0.1) is 25.2 Å². The second-order valence-corrected chi connectivity index (χ2v) is 7.28. The highest BCUT2D eigenvalue weighted by molar-refractivity contribution is 5.48. The van der Waals surface area contributed by atoms with E-state index in [0.717, 1.165) is 36.1 Å². The molecule has 20 heavy (non-hydrogen) atoms. The Morgan fingerprint density at radius 3 is 2.40 bits per heavy atom. The van der Waals surface area contributed by atoms with Crippen molar-refractivity contribution in [1.82, 2.24) is 0 Å². The molecule has 1 aliphatic carbocycles. The van der Waals surface area contributed by atoms with Gasteiger partial charge in [-0.2, -0.15) is 0 Å². The molecule has 0 heterocycles. The van der Waals surface area contributed by atoms with Crippen LogP contribution in [0.5, 0.6) is 5.75 Å². The first kappa shape index (κ1) is 15.4. The number of benzene rings is 1. The summed E-state index contributed by atoms with van der Waals surface area (Å²) in [5.74, 6) is 1.10. The van der Waals surface area contributed by atoms with Gasteiger partial charge >= 0.3 is 0 Å². The molecule has 0 bridgehead atoms. The first-order valence-corrected chi connectivity index (χ1v) is 7.58. The van der Waals surface area contributed by atoms with E-state index in [9.17, 15) is 5.11 Å². The van der Waals surface area contributed by atoms with Crippen LogP contribution in [-0.2, 0) is 5.60 Å². The van der Waals surface area contributed by atoms with Crippen LogP contribution < -0.4 is 4.74 Å². The summed E-state index contributed by atoms with van der Waals surface area (Å²) in [5, 5.41) is 11.3. The highest BCUT2D eigenvalue weighted by Gasteiger charge is 2.45. The van der Waals surface area contributed by atoms with E-state index in [2.05, 4.69) is 46.8 Å². The van der Waals surface area contributed by atoms with E-state index in [4.69, 9.17) is 4.74 Å². The molecule has 2 nitrogen and oxygen atoms in total. The van der Waals surface area contributed by atoms with Gasteiger partial charge in [0.25, 0.3) is 0 Å². The van der Waals surface area contributed by atoms with Gasteiger partial charge in [0.15, 0.2) is 0 Å². The highest BCUT2D eigenvalue weighted by Crippen LogP contribution is 2.51. The SMILES string of the molecule is COc1c(C2(O)CCC(C)(C)CC2C)ccc(C)c1C. The van der Waals surface area contributed by atoms with Crippen LogP contribution in [-0.4, -0.2) is 12.2 Å². The third kappa shape index (κ3) is 2.46. The zero-order valence-electron chi connectivity index (χ0n) is 13.7. The number of methoxy groups -OCH3 is 1. The molecule has 1 fully saturated rings. The van der Waals surface area contributed by atoms with Gasteiger partial charge in [-0.05, 0) is 55.6 Å². The van der Waals surface area contributed by atoms with Gasteiger partial charge in [0.2, 0.25) is 0 Å². The maximum Gasteiger partial charge on any atom is 0.128 e. The fraction of sp³-hybridized carbons (Fsp3) is 0.667. The van der Waals surface area contributed by atoms with E-state index in [1.165, 1.54) is 5.56 Å². The quantitative estimate of drug-likeness (QED) is 0.870. The lowest BCUT2D eigenvalue weighted by Gasteiger charge is -2.46. The van der Waals surface area contributed by atoms with Crippen LogP contribution in [0.25, 0.3) is 0 Å². The molecule has 0 aromatic heterocycles. The lowest BCUT2D eigenvalue weighted by atomic mass is 9.63. The van der Waals surface area contributed by atoms with Gasteiger partial charge in [-0.25, -0.2) is 0 Å². The molecule has 0 amide bonds. The minimum absolute atomic E-state index is 0.238. The molecule has 1 aromatic carbocycles. The first-order chi connectivity index (χ1) is 9.21. The van der Waals surface area contributed by atoms with E-state index in [-0.39, 0.29) is 5.92 Å². The Kier molecular flexibility index (Phi) is 3.90. The Morgan fingerprint density at radius 2 is 1.85 bits per heavy atom. The van der Waals surface area contributed by atoms with Gasteiger partial charge in [-0.3, -0.25) is 0 Å². The molecular weight excluding hydrogens is 248 g/mol. The number of rotatable bonds is 2. The molecule has 1 aromatic rings. The summed E-state index contributed by atoms with van der Waals surface area (Å²) in [6.45, 7) is 10.9. The average Bonchev–Trinajstić information content (AvgIpc) is 2.37. The first-order valence-electron chi connectivity index (χ1n) is 7.58.